The number of hydrogen-bond donors (Lipinski definition) is 1. The zero-order chi connectivity index (χ0) is 17.6. The third-order valence-electron chi connectivity index (χ3n) is 5.06. The molecular weight excluding hydrogens is 345 g/mol. The first kappa shape index (κ1) is 16.5. The maximum atomic E-state index is 14.6. The van der Waals surface area contributed by atoms with Crippen LogP contribution >= 0.6 is 11.6 Å². The Hall–Kier alpha value is -2.01. The van der Waals surface area contributed by atoms with Gasteiger partial charge in [-0.25, -0.2) is 8.96 Å². The second-order valence-corrected chi connectivity index (χ2v) is 7.18. The first-order valence-electron chi connectivity index (χ1n) is 8.67. The van der Waals surface area contributed by atoms with Gasteiger partial charge in [0.2, 0.25) is 5.88 Å². The topological polar surface area (TPSA) is 51.5 Å². The van der Waals surface area contributed by atoms with Crippen molar-refractivity contribution in [2.24, 2.45) is 0 Å². The average molecular weight is 364 g/mol. The Morgan fingerprint density at radius 1 is 1.12 bits per heavy atom. The fourth-order valence-corrected chi connectivity index (χ4v) is 3.94. The number of ether oxygens (including phenoxy) is 1. The molecule has 1 aromatic heterocycles. The number of fused-ring (bicyclic) bond motifs is 2. The summed E-state index contributed by atoms with van der Waals surface area (Å²) in [5, 5.41) is 10.6. The van der Waals surface area contributed by atoms with Crippen LogP contribution in [0.3, 0.4) is 0 Å². The van der Waals surface area contributed by atoms with E-state index in [1.165, 1.54) is 6.07 Å². The third-order valence-corrected chi connectivity index (χ3v) is 5.35. The number of halogens is 2. The molecular formula is C19H19ClFNO3. The molecule has 0 aliphatic heterocycles. The Morgan fingerprint density at radius 2 is 1.84 bits per heavy atom. The summed E-state index contributed by atoms with van der Waals surface area (Å²) < 4.78 is 21.5. The molecule has 1 saturated carbocycles. The fraction of sp³-hybridized carbons (Fsp3) is 0.421. The van der Waals surface area contributed by atoms with Gasteiger partial charge in [-0.2, -0.15) is 0 Å². The Kier molecular flexibility index (Phi) is 4.20. The predicted octanol–water partition coefficient (Wildman–Crippen LogP) is 4.15. The molecule has 1 aromatic carbocycles. The van der Waals surface area contributed by atoms with Crippen molar-refractivity contribution in [2.45, 2.75) is 51.0 Å². The summed E-state index contributed by atoms with van der Waals surface area (Å²) in [6.45, 7) is 0. The molecule has 0 saturated heterocycles. The quantitative estimate of drug-likeness (QED) is 0.891. The van der Waals surface area contributed by atoms with E-state index in [-0.39, 0.29) is 22.7 Å². The molecule has 1 heterocycles. The molecule has 0 unspecified atom stereocenters. The number of nitrogens with zero attached hydrogens (tertiary/aromatic N) is 1. The van der Waals surface area contributed by atoms with E-state index in [2.05, 4.69) is 0 Å². The second-order valence-electron chi connectivity index (χ2n) is 6.77. The van der Waals surface area contributed by atoms with Crippen molar-refractivity contribution in [3.63, 3.8) is 0 Å². The molecule has 132 valence electrons. The molecule has 1 N–H and O–H groups in total. The molecule has 2 aliphatic carbocycles. The Labute approximate surface area is 149 Å². The highest BCUT2D eigenvalue weighted by atomic mass is 35.5. The van der Waals surface area contributed by atoms with Crippen molar-refractivity contribution in [1.82, 2.24) is 4.57 Å². The van der Waals surface area contributed by atoms with Gasteiger partial charge in [0.15, 0.2) is 0 Å². The number of pyridine rings is 1. The lowest BCUT2D eigenvalue weighted by Gasteiger charge is -2.20. The molecule has 1 fully saturated rings. The van der Waals surface area contributed by atoms with Gasteiger partial charge >= 0.3 is 0 Å². The number of aryl methyl sites for hydroxylation is 2. The molecule has 4 rings (SSSR count). The largest absolute Gasteiger partial charge is 0.494 e. The Bertz CT molecular complexity index is 887. The number of benzene rings is 1. The van der Waals surface area contributed by atoms with Crippen LogP contribution in [0.5, 0.6) is 11.6 Å². The monoisotopic (exact) mass is 363 g/mol. The van der Waals surface area contributed by atoms with E-state index in [1.54, 1.807) is 6.07 Å². The highest BCUT2D eigenvalue weighted by Gasteiger charge is 2.23. The van der Waals surface area contributed by atoms with E-state index in [4.69, 9.17) is 16.3 Å². The molecule has 0 spiro atoms. The number of aromatic hydroxyl groups is 1. The van der Waals surface area contributed by atoms with Gasteiger partial charge in [0, 0.05) is 17.2 Å². The van der Waals surface area contributed by atoms with Crippen LogP contribution in [0.15, 0.2) is 23.0 Å². The van der Waals surface area contributed by atoms with Crippen molar-refractivity contribution < 1.29 is 14.2 Å². The molecule has 2 bridgehead atoms. The summed E-state index contributed by atoms with van der Waals surface area (Å²) in [6, 6.07) is 4.28. The molecule has 25 heavy (non-hydrogen) atoms. The summed E-state index contributed by atoms with van der Waals surface area (Å²) in [5.41, 5.74) is 0.832. The summed E-state index contributed by atoms with van der Waals surface area (Å²) >= 11 is 6.13. The van der Waals surface area contributed by atoms with Crippen LogP contribution in [0, 0.1) is 5.82 Å². The van der Waals surface area contributed by atoms with Crippen LogP contribution in [0.25, 0.3) is 5.69 Å². The van der Waals surface area contributed by atoms with E-state index in [1.807, 2.05) is 0 Å². The molecule has 2 aromatic rings. The van der Waals surface area contributed by atoms with Crippen molar-refractivity contribution in [1.29, 1.82) is 0 Å². The fourth-order valence-electron chi connectivity index (χ4n) is 3.74. The predicted molar refractivity (Wildman–Crippen MR) is 93.6 cm³/mol. The zero-order valence-corrected chi connectivity index (χ0v) is 14.5. The van der Waals surface area contributed by atoms with Gasteiger partial charge in [-0.3, -0.25) is 4.79 Å². The van der Waals surface area contributed by atoms with Gasteiger partial charge < -0.3 is 9.84 Å². The van der Waals surface area contributed by atoms with Gasteiger partial charge in [-0.1, -0.05) is 11.6 Å². The SMILES string of the molecule is O=c1c2cc(c(O)n1-c1cc(OC3CCCC3)c(Cl)cc1F)CCC2. The minimum Gasteiger partial charge on any atom is -0.494 e. The van der Waals surface area contributed by atoms with E-state index < -0.39 is 11.4 Å². The first-order chi connectivity index (χ1) is 12.0. The van der Waals surface area contributed by atoms with Crippen LogP contribution in [-0.4, -0.2) is 15.8 Å². The van der Waals surface area contributed by atoms with Gasteiger partial charge in [0.25, 0.3) is 5.56 Å². The third kappa shape index (κ3) is 2.91. The van der Waals surface area contributed by atoms with E-state index in [0.717, 1.165) is 42.7 Å². The van der Waals surface area contributed by atoms with Gasteiger partial charge in [-0.05, 0) is 57.1 Å². The summed E-state index contributed by atoms with van der Waals surface area (Å²) in [6.07, 6.45) is 6.24. The maximum Gasteiger partial charge on any atom is 0.261 e. The molecule has 6 heteroatoms. The van der Waals surface area contributed by atoms with Crippen molar-refractivity contribution in [3.8, 4) is 17.3 Å². The Balaban J connectivity index is 1.83. The normalized spacial score (nSPS) is 17.0. The lowest BCUT2D eigenvalue weighted by atomic mass is 9.97. The Morgan fingerprint density at radius 3 is 2.60 bits per heavy atom. The zero-order valence-electron chi connectivity index (χ0n) is 13.7. The number of hydrogen-bond acceptors (Lipinski definition) is 3. The van der Waals surface area contributed by atoms with Crippen molar-refractivity contribution >= 4 is 11.6 Å². The summed E-state index contributed by atoms with van der Waals surface area (Å²) in [4.78, 5) is 12.7. The summed E-state index contributed by atoms with van der Waals surface area (Å²) in [5.74, 6) is -0.522. The van der Waals surface area contributed by atoms with E-state index >= 15 is 0 Å². The van der Waals surface area contributed by atoms with Crippen LogP contribution in [0.1, 0.15) is 43.2 Å². The first-order valence-corrected chi connectivity index (χ1v) is 9.05. The molecule has 0 amide bonds. The van der Waals surface area contributed by atoms with Crippen LogP contribution in [-0.2, 0) is 12.8 Å². The van der Waals surface area contributed by atoms with Crippen molar-refractivity contribution in [2.75, 3.05) is 0 Å². The molecule has 0 radical (unpaired) electrons. The smallest absolute Gasteiger partial charge is 0.261 e. The van der Waals surface area contributed by atoms with E-state index in [9.17, 15) is 14.3 Å². The molecule has 0 atom stereocenters. The van der Waals surface area contributed by atoms with Crippen LogP contribution in [0.2, 0.25) is 5.02 Å². The summed E-state index contributed by atoms with van der Waals surface area (Å²) in [7, 11) is 0. The lowest BCUT2D eigenvalue weighted by molar-refractivity contribution is 0.210. The lowest BCUT2D eigenvalue weighted by Crippen LogP contribution is -2.26. The van der Waals surface area contributed by atoms with Crippen molar-refractivity contribution in [3.05, 3.63) is 50.5 Å². The van der Waals surface area contributed by atoms with Gasteiger partial charge in [-0.15, -0.1) is 0 Å². The van der Waals surface area contributed by atoms with E-state index in [0.29, 0.717) is 29.7 Å². The highest BCUT2D eigenvalue weighted by molar-refractivity contribution is 6.32. The van der Waals surface area contributed by atoms with Gasteiger partial charge in [0.1, 0.15) is 11.6 Å². The molecule has 4 nitrogen and oxygen atoms in total. The minimum atomic E-state index is -0.662. The molecule has 2 aliphatic rings. The van der Waals surface area contributed by atoms with Crippen LogP contribution < -0.4 is 10.3 Å². The maximum absolute atomic E-state index is 14.6. The number of aromatic nitrogens is 1. The van der Waals surface area contributed by atoms with Gasteiger partial charge in [0.05, 0.1) is 16.8 Å². The number of rotatable bonds is 3. The average Bonchev–Trinajstić information content (AvgIpc) is 3.11. The van der Waals surface area contributed by atoms with Crippen LogP contribution in [0.4, 0.5) is 4.39 Å². The minimum absolute atomic E-state index is 0.0232. The second kappa shape index (κ2) is 6.37. The highest BCUT2D eigenvalue weighted by Crippen LogP contribution is 2.35. The standard InChI is InChI=1S/C19H19ClFNO3/c20-14-9-15(21)16(10-17(14)25-13-6-1-2-7-13)22-18(23)11-4-3-5-12(8-11)19(22)24/h8-10,13,23H,1-7H2.